The second-order valence-electron chi connectivity index (χ2n) is 5.69. The Morgan fingerprint density at radius 3 is 2.58 bits per heavy atom. The summed E-state index contributed by atoms with van der Waals surface area (Å²) in [5, 5.41) is 9.25. The van der Waals surface area contributed by atoms with Gasteiger partial charge in [-0.3, -0.25) is 9.59 Å². The maximum absolute atomic E-state index is 12.4. The van der Waals surface area contributed by atoms with E-state index in [0.29, 0.717) is 25.4 Å². The molecule has 0 aromatic heterocycles. The Balaban J connectivity index is 2.09. The molecule has 2 amide bonds. The standard InChI is InChI=1S/C13H20N2O4/c1-8-3-4-15(10(5-8)13(18)19)12(17)9-6-11(16)14(2)7-9/h8-10H,3-7H2,1-2H3,(H,18,19). The van der Waals surface area contributed by atoms with Gasteiger partial charge in [0.25, 0.3) is 0 Å². The molecule has 2 aliphatic heterocycles. The molecular formula is C13H20N2O4. The Bertz CT molecular complexity index is 409. The fourth-order valence-corrected chi connectivity index (χ4v) is 2.90. The Labute approximate surface area is 112 Å². The van der Waals surface area contributed by atoms with E-state index in [1.165, 1.54) is 9.80 Å². The van der Waals surface area contributed by atoms with Crippen LogP contribution in [0.25, 0.3) is 0 Å². The van der Waals surface area contributed by atoms with E-state index in [0.717, 1.165) is 6.42 Å². The number of piperidine rings is 1. The minimum absolute atomic E-state index is 0.0457. The Morgan fingerprint density at radius 2 is 2.05 bits per heavy atom. The van der Waals surface area contributed by atoms with Crippen molar-refractivity contribution in [1.82, 2.24) is 9.80 Å². The monoisotopic (exact) mass is 268 g/mol. The molecule has 6 heteroatoms. The number of aliphatic carboxylic acids is 1. The van der Waals surface area contributed by atoms with Crippen LogP contribution in [0.5, 0.6) is 0 Å². The molecule has 0 radical (unpaired) electrons. The minimum Gasteiger partial charge on any atom is -0.480 e. The van der Waals surface area contributed by atoms with E-state index in [-0.39, 0.29) is 24.2 Å². The van der Waals surface area contributed by atoms with Gasteiger partial charge in [-0.2, -0.15) is 0 Å². The molecule has 3 unspecified atom stereocenters. The average Bonchev–Trinajstić information content (AvgIpc) is 2.68. The number of rotatable bonds is 2. The van der Waals surface area contributed by atoms with Gasteiger partial charge in [-0.05, 0) is 18.8 Å². The summed E-state index contributed by atoms with van der Waals surface area (Å²) in [6.07, 6.45) is 1.53. The molecule has 19 heavy (non-hydrogen) atoms. The highest BCUT2D eigenvalue weighted by Crippen LogP contribution is 2.27. The molecule has 1 N–H and O–H groups in total. The second kappa shape index (κ2) is 5.19. The minimum atomic E-state index is -0.947. The molecule has 2 rings (SSSR count). The first-order valence-corrected chi connectivity index (χ1v) is 6.67. The fourth-order valence-electron chi connectivity index (χ4n) is 2.90. The van der Waals surface area contributed by atoms with Crippen molar-refractivity contribution in [2.45, 2.75) is 32.2 Å². The maximum atomic E-state index is 12.4. The second-order valence-corrected chi connectivity index (χ2v) is 5.69. The highest BCUT2D eigenvalue weighted by atomic mass is 16.4. The van der Waals surface area contributed by atoms with Crippen LogP contribution in [0.1, 0.15) is 26.2 Å². The van der Waals surface area contributed by atoms with Crippen molar-refractivity contribution in [1.29, 1.82) is 0 Å². The van der Waals surface area contributed by atoms with Crippen molar-refractivity contribution in [2.75, 3.05) is 20.1 Å². The lowest BCUT2D eigenvalue weighted by molar-refractivity contribution is -0.154. The van der Waals surface area contributed by atoms with Gasteiger partial charge < -0.3 is 14.9 Å². The highest BCUT2D eigenvalue weighted by Gasteiger charge is 2.40. The van der Waals surface area contributed by atoms with Gasteiger partial charge in [0, 0.05) is 26.6 Å². The Morgan fingerprint density at radius 1 is 1.37 bits per heavy atom. The predicted molar refractivity (Wildman–Crippen MR) is 67.3 cm³/mol. The number of hydrogen-bond acceptors (Lipinski definition) is 3. The van der Waals surface area contributed by atoms with E-state index in [4.69, 9.17) is 0 Å². The van der Waals surface area contributed by atoms with E-state index in [2.05, 4.69) is 0 Å². The molecule has 3 atom stereocenters. The van der Waals surface area contributed by atoms with Crippen LogP contribution in [-0.2, 0) is 14.4 Å². The molecular weight excluding hydrogens is 248 g/mol. The number of amides is 2. The summed E-state index contributed by atoms with van der Waals surface area (Å²) in [6, 6.07) is -0.739. The van der Waals surface area contributed by atoms with E-state index in [9.17, 15) is 19.5 Å². The zero-order chi connectivity index (χ0) is 14.2. The molecule has 2 heterocycles. The molecule has 0 aromatic rings. The van der Waals surface area contributed by atoms with E-state index in [1.807, 2.05) is 6.92 Å². The predicted octanol–water partition coefficient (Wildman–Crippen LogP) is 0.176. The molecule has 0 aromatic carbocycles. The van der Waals surface area contributed by atoms with Gasteiger partial charge in [0.15, 0.2) is 0 Å². The van der Waals surface area contributed by atoms with Gasteiger partial charge in [-0.1, -0.05) is 6.92 Å². The SMILES string of the molecule is CC1CCN(C(=O)C2CC(=O)N(C)C2)C(C(=O)O)C1. The lowest BCUT2D eigenvalue weighted by atomic mass is 9.91. The summed E-state index contributed by atoms with van der Waals surface area (Å²) in [5.74, 6) is -1.24. The maximum Gasteiger partial charge on any atom is 0.326 e. The normalized spacial score (nSPS) is 31.7. The van der Waals surface area contributed by atoms with Crippen LogP contribution in [0.15, 0.2) is 0 Å². The first kappa shape index (κ1) is 13.8. The van der Waals surface area contributed by atoms with Gasteiger partial charge in [-0.25, -0.2) is 4.79 Å². The molecule has 0 spiro atoms. The number of hydrogen-bond donors (Lipinski definition) is 1. The van der Waals surface area contributed by atoms with Gasteiger partial charge >= 0.3 is 5.97 Å². The van der Waals surface area contributed by atoms with Crippen LogP contribution < -0.4 is 0 Å². The van der Waals surface area contributed by atoms with Crippen molar-refractivity contribution >= 4 is 17.8 Å². The first-order chi connectivity index (χ1) is 8.90. The number of carboxylic acid groups (broad SMARTS) is 1. The van der Waals surface area contributed by atoms with Gasteiger partial charge in [0.2, 0.25) is 11.8 Å². The summed E-state index contributed by atoms with van der Waals surface area (Å²) in [4.78, 5) is 38.2. The number of nitrogens with zero attached hydrogens (tertiary/aromatic N) is 2. The van der Waals surface area contributed by atoms with Crippen LogP contribution in [0.4, 0.5) is 0 Å². The van der Waals surface area contributed by atoms with E-state index in [1.54, 1.807) is 7.05 Å². The van der Waals surface area contributed by atoms with Crippen molar-refractivity contribution < 1.29 is 19.5 Å². The van der Waals surface area contributed by atoms with Crippen molar-refractivity contribution in [3.63, 3.8) is 0 Å². The van der Waals surface area contributed by atoms with Crippen molar-refractivity contribution in [3.8, 4) is 0 Å². The van der Waals surface area contributed by atoms with Crippen LogP contribution in [0.2, 0.25) is 0 Å². The summed E-state index contributed by atoms with van der Waals surface area (Å²) < 4.78 is 0. The van der Waals surface area contributed by atoms with E-state index >= 15 is 0 Å². The molecule has 2 aliphatic rings. The van der Waals surface area contributed by atoms with Crippen molar-refractivity contribution in [2.24, 2.45) is 11.8 Å². The smallest absolute Gasteiger partial charge is 0.326 e. The zero-order valence-electron chi connectivity index (χ0n) is 11.3. The number of likely N-dealkylation sites (tertiary alicyclic amines) is 2. The Hall–Kier alpha value is -1.59. The number of carbonyl (C=O) groups excluding carboxylic acids is 2. The third-order valence-corrected chi connectivity index (χ3v) is 4.12. The average molecular weight is 268 g/mol. The van der Waals surface area contributed by atoms with Crippen molar-refractivity contribution in [3.05, 3.63) is 0 Å². The summed E-state index contributed by atoms with van der Waals surface area (Å²) in [6.45, 7) is 2.88. The molecule has 2 saturated heterocycles. The number of carboxylic acids is 1. The van der Waals surface area contributed by atoms with Crippen LogP contribution in [-0.4, -0.2) is 58.9 Å². The van der Waals surface area contributed by atoms with Gasteiger partial charge in [0.1, 0.15) is 6.04 Å². The quantitative estimate of drug-likeness (QED) is 0.774. The largest absolute Gasteiger partial charge is 0.480 e. The van der Waals surface area contributed by atoms with Crippen LogP contribution >= 0.6 is 0 Å². The third kappa shape index (κ3) is 2.72. The summed E-state index contributed by atoms with van der Waals surface area (Å²) >= 11 is 0. The molecule has 0 saturated carbocycles. The molecule has 2 fully saturated rings. The molecule has 6 nitrogen and oxygen atoms in total. The van der Waals surface area contributed by atoms with E-state index < -0.39 is 12.0 Å². The lowest BCUT2D eigenvalue weighted by Gasteiger charge is -2.37. The topological polar surface area (TPSA) is 77.9 Å². The van der Waals surface area contributed by atoms with Gasteiger partial charge in [0.05, 0.1) is 5.92 Å². The summed E-state index contributed by atoms with van der Waals surface area (Å²) in [5.41, 5.74) is 0. The lowest BCUT2D eigenvalue weighted by Crippen LogP contribution is -2.52. The fraction of sp³-hybridized carbons (Fsp3) is 0.769. The first-order valence-electron chi connectivity index (χ1n) is 6.67. The zero-order valence-corrected chi connectivity index (χ0v) is 11.3. The highest BCUT2D eigenvalue weighted by molar-refractivity contribution is 5.91. The van der Waals surface area contributed by atoms with Gasteiger partial charge in [-0.15, -0.1) is 0 Å². The molecule has 106 valence electrons. The van der Waals surface area contributed by atoms with Crippen LogP contribution in [0.3, 0.4) is 0 Å². The van der Waals surface area contributed by atoms with Crippen LogP contribution in [0, 0.1) is 11.8 Å². The third-order valence-electron chi connectivity index (χ3n) is 4.12. The molecule has 0 bridgehead atoms. The summed E-state index contributed by atoms with van der Waals surface area (Å²) in [7, 11) is 1.67. The Kier molecular flexibility index (Phi) is 3.78. The number of carbonyl (C=O) groups is 3. The molecule has 0 aliphatic carbocycles.